The van der Waals surface area contributed by atoms with Gasteiger partial charge in [0.15, 0.2) is 0 Å². The first-order valence-electron chi connectivity index (χ1n) is 2.88. The van der Waals surface area contributed by atoms with Gasteiger partial charge in [-0.15, -0.1) is 0 Å². The molecular formula is C7H5N2O2-. The number of carbonyl (C=O) groups is 1. The van der Waals surface area contributed by atoms with Crippen LogP contribution in [0.25, 0.3) is 5.57 Å². The highest BCUT2D eigenvalue weighted by Crippen LogP contribution is 2.04. The third-order valence-electron chi connectivity index (χ3n) is 1.12. The van der Waals surface area contributed by atoms with Gasteiger partial charge in [0.25, 0.3) is 0 Å². The van der Waals surface area contributed by atoms with Crippen molar-refractivity contribution in [3.63, 3.8) is 0 Å². The third kappa shape index (κ3) is 1.61. The Morgan fingerprint density at radius 1 is 1.55 bits per heavy atom. The summed E-state index contributed by atoms with van der Waals surface area (Å²) in [7, 11) is 0. The van der Waals surface area contributed by atoms with Gasteiger partial charge >= 0.3 is 0 Å². The molecule has 0 aromatic carbocycles. The Kier molecular flexibility index (Phi) is 1.96. The molecule has 4 heteroatoms. The summed E-state index contributed by atoms with van der Waals surface area (Å²) in [4.78, 5) is 17.6. The number of carbonyl (C=O) groups excluding carboxylic acids is 1. The lowest BCUT2D eigenvalue weighted by Crippen LogP contribution is -2.23. The molecule has 1 aromatic heterocycles. The molecule has 0 N–H and O–H groups in total. The topological polar surface area (TPSA) is 65.9 Å². The summed E-state index contributed by atoms with van der Waals surface area (Å²) in [5, 5.41) is 10.2. The highest BCUT2D eigenvalue weighted by molar-refractivity contribution is 6.12. The Morgan fingerprint density at radius 3 is 2.73 bits per heavy atom. The fourth-order valence-corrected chi connectivity index (χ4v) is 0.559. The van der Waals surface area contributed by atoms with Crippen LogP contribution in [-0.2, 0) is 4.79 Å². The summed E-state index contributed by atoms with van der Waals surface area (Å²) in [6.07, 6.45) is 4.16. The molecule has 0 aliphatic heterocycles. The first-order valence-corrected chi connectivity index (χ1v) is 2.88. The van der Waals surface area contributed by atoms with Crippen LogP contribution in [0.4, 0.5) is 0 Å². The summed E-state index contributed by atoms with van der Waals surface area (Å²) in [5.41, 5.74) is 0.0746. The Bertz CT molecular complexity index is 282. The van der Waals surface area contributed by atoms with Crippen LogP contribution in [0.3, 0.4) is 0 Å². The van der Waals surface area contributed by atoms with Gasteiger partial charge in [0, 0.05) is 18.0 Å². The number of carboxylic acid groups (broad SMARTS) is 1. The monoisotopic (exact) mass is 149 g/mol. The molecule has 0 saturated carbocycles. The van der Waals surface area contributed by atoms with Crippen molar-refractivity contribution in [1.82, 2.24) is 9.97 Å². The van der Waals surface area contributed by atoms with E-state index >= 15 is 0 Å². The van der Waals surface area contributed by atoms with Crippen molar-refractivity contribution < 1.29 is 9.90 Å². The molecule has 0 unspecified atom stereocenters. The smallest absolute Gasteiger partial charge is 0.0897 e. The van der Waals surface area contributed by atoms with Crippen LogP contribution >= 0.6 is 0 Å². The number of aromatic nitrogens is 2. The van der Waals surface area contributed by atoms with Gasteiger partial charge in [0.1, 0.15) is 0 Å². The van der Waals surface area contributed by atoms with Crippen LogP contribution in [-0.4, -0.2) is 15.9 Å². The highest BCUT2D eigenvalue weighted by atomic mass is 16.4. The van der Waals surface area contributed by atoms with Gasteiger partial charge in [-0.1, -0.05) is 6.58 Å². The number of hydrogen-bond donors (Lipinski definition) is 0. The minimum absolute atomic E-state index is 0.155. The Labute approximate surface area is 63.2 Å². The molecular weight excluding hydrogens is 144 g/mol. The van der Waals surface area contributed by atoms with E-state index in [-0.39, 0.29) is 11.3 Å². The highest BCUT2D eigenvalue weighted by Gasteiger charge is 1.98. The van der Waals surface area contributed by atoms with Crippen molar-refractivity contribution in [2.24, 2.45) is 0 Å². The lowest BCUT2D eigenvalue weighted by Gasteiger charge is -2.02. The summed E-state index contributed by atoms with van der Waals surface area (Å²) in [6, 6.07) is 0. The molecule has 0 atom stereocenters. The standard InChI is InChI=1S/C7H6N2O2/c1-5(7(10)11)6-4-8-2-3-9-6/h2-4H,1H2,(H,10,11)/p-1. The van der Waals surface area contributed by atoms with Crippen LogP contribution in [0, 0.1) is 0 Å². The quantitative estimate of drug-likeness (QED) is 0.518. The second-order valence-corrected chi connectivity index (χ2v) is 1.86. The number of aliphatic carboxylic acids is 1. The zero-order valence-electron chi connectivity index (χ0n) is 5.65. The van der Waals surface area contributed by atoms with Gasteiger partial charge in [0.05, 0.1) is 17.9 Å². The molecule has 0 spiro atoms. The van der Waals surface area contributed by atoms with E-state index in [0.29, 0.717) is 0 Å². The largest absolute Gasteiger partial charge is 0.545 e. The van der Waals surface area contributed by atoms with Crippen LogP contribution in [0.1, 0.15) is 5.69 Å². The third-order valence-corrected chi connectivity index (χ3v) is 1.12. The molecule has 1 rings (SSSR count). The average molecular weight is 149 g/mol. The zero-order chi connectivity index (χ0) is 8.27. The average Bonchev–Trinajstić information content (AvgIpc) is 2.05. The predicted octanol–water partition coefficient (Wildman–Crippen LogP) is -0.760. The molecule has 0 radical (unpaired) electrons. The molecule has 0 bridgehead atoms. The van der Waals surface area contributed by atoms with E-state index in [0.717, 1.165) is 0 Å². The molecule has 4 nitrogen and oxygen atoms in total. The molecule has 0 saturated heterocycles. The molecule has 0 aliphatic carbocycles. The summed E-state index contributed by atoms with van der Waals surface area (Å²) >= 11 is 0. The van der Waals surface area contributed by atoms with Crippen molar-refractivity contribution in [1.29, 1.82) is 0 Å². The van der Waals surface area contributed by atoms with E-state index in [4.69, 9.17) is 0 Å². The molecule has 0 amide bonds. The SMILES string of the molecule is C=C(C(=O)[O-])c1cnccn1. The Morgan fingerprint density at radius 2 is 2.27 bits per heavy atom. The van der Waals surface area contributed by atoms with Crippen molar-refractivity contribution in [3.05, 3.63) is 30.9 Å². The molecule has 11 heavy (non-hydrogen) atoms. The normalized spacial score (nSPS) is 9.09. The Balaban J connectivity index is 2.95. The second-order valence-electron chi connectivity index (χ2n) is 1.86. The summed E-state index contributed by atoms with van der Waals surface area (Å²) < 4.78 is 0. The fourth-order valence-electron chi connectivity index (χ4n) is 0.559. The van der Waals surface area contributed by atoms with E-state index in [1.165, 1.54) is 18.6 Å². The molecule has 1 heterocycles. The van der Waals surface area contributed by atoms with Gasteiger partial charge in [0.2, 0.25) is 0 Å². The van der Waals surface area contributed by atoms with Gasteiger partial charge in [-0.3, -0.25) is 9.97 Å². The van der Waals surface area contributed by atoms with Crippen LogP contribution < -0.4 is 5.11 Å². The fraction of sp³-hybridized carbons (Fsp3) is 0. The number of nitrogens with zero attached hydrogens (tertiary/aromatic N) is 2. The number of rotatable bonds is 2. The van der Waals surface area contributed by atoms with Crippen LogP contribution in [0.2, 0.25) is 0 Å². The zero-order valence-corrected chi connectivity index (χ0v) is 5.65. The van der Waals surface area contributed by atoms with Crippen molar-refractivity contribution in [3.8, 4) is 0 Å². The van der Waals surface area contributed by atoms with E-state index in [1.54, 1.807) is 0 Å². The van der Waals surface area contributed by atoms with E-state index in [9.17, 15) is 9.90 Å². The lowest BCUT2D eigenvalue weighted by atomic mass is 10.2. The van der Waals surface area contributed by atoms with Gasteiger partial charge in [-0.25, -0.2) is 0 Å². The molecule has 1 aromatic rings. The van der Waals surface area contributed by atoms with Gasteiger partial charge in [-0.05, 0) is 0 Å². The van der Waals surface area contributed by atoms with E-state index in [1.807, 2.05) is 0 Å². The number of hydrogen-bond acceptors (Lipinski definition) is 4. The predicted molar refractivity (Wildman–Crippen MR) is 36.1 cm³/mol. The summed E-state index contributed by atoms with van der Waals surface area (Å²) in [5.74, 6) is -1.33. The first kappa shape index (κ1) is 7.40. The van der Waals surface area contributed by atoms with Crippen molar-refractivity contribution in [2.75, 3.05) is 0 Å². The maximum absolute atomic E-state index is 10.2. The first-order chi connectivity index (χ1) is 5.22. The molecule has 56 valence electrons. The minimum atomic E-state index is -1.33. The number of carboxylic acids is 1. The minimum Gasteiger partial charge on any atom is -0.545 e. The van der Waals surface area contributed by atoms with Crippen molar-refractivity contribution in [2.45, 2.75) is 0 Å². The maximum atomic E-state index is 10.2. The second kappa shape index (κ2) is 2.92. The van der Waals surface area contributed by atoms with Gasteiger partial charge < -0.3 is 9.90 Å². The van der Waals surface area contributed by atoms with Crippen LogP contribution in [0.15, 0.2) is 25.2 Å². The van der Waals surface area contributed by atoms with E-state index < -0.39 is 5.97 Å². The van der Waals surface area contributed by atoms with Crippen molar-refractivity contribution >= 4 is 11.5 Å². The Hall–Kier alpha value is -1.71. The van der Waals surface area contributed by atoms with Crippen LogP contribution in [0.5, 0.6) is 0 Å². The molecule has 0 aliphatic rings. The van der Waals surface area contributed by atoms with E-state index in [2.05, 4.69) is 16.5 Å². The summed E-state index contributed by atoms with van der Waals surface area (Å²) in [6.45, 7) is 3.26. The van der Waals surface area contributed by atoms with Gasteiger partial charge in [-0.2, -0.15) is 0 Å². The maximum Gasteiger partial charge on any atom is 0.0897 e. The lowest BCUT2D eigenvalue weighted by molar-refractivity contribution is -0.295. The molecule has 0 fully saturated rings.